The molecule has 1 aliphatic heterocycles. The van der Waals surface area contributed by atoms with Crippen molar-refractivity contribution < 1.29 is 14.3 Å². The Balaban J connectivity index is 2.15. The van der Waals surface area contributed by atoms with Crippen molar-refractivity contribution in [2.45, 2.75) is 25.8 Å². The predicted octanol–water partition coefficient (Wildman–Crippen LogP) is 1.56. The molecule has 5 nitrogen and oxygen atoms in total. The summed E-state index contributed by atoms with van der Waals surface area (Å²) in [4.78, 5) is 25.1. The second kappa shape index (κ2) is 5.30. The average molecular weight is 262 g/mol. The third-order valence-corrected chi connectivity index (χ3v) is 3.41. The summed E-state index contributed by atoms with van der Waals surface area (Å²) in [7, 11) is 3.22. The fourth-order valence-electron chi connectivity index (χ4n) is 2.25. The number of carbonyl (C=O) groups is 2. The van der Waals surface area contributed by atoms with E-state index in [0.717, 1.165) is 5.56 Å². The van der Waals surface area contributed by atoms with Gasteiger partial charge in [0, 0.05) is 13.5 Å². The number of nitrogens with zero attached hydrogens (tertiary/aromatic N) is 1. The number of anilines is 1. The lowest BCUT2D eigenvalue weighted by molar-refractivity contribution is -0.131. The molecule has 1 aromatic rings. The lowest BCUT2D eigenvalue weighted by Crippen LogP contribution is -2.38. The zero-order valence-electron chi connectivity index (χ0n) is 11.4. The van der Waals surface area contributed by atoms with E-state index in [1.54, 1.807) is 14.2 Å². The largest absolute Gasteiger partial charge is 0.495 e. The Labute approximate surface area is 112 Å². The topological polar surface area (TPSA) is 58.6 Å². The molecule has 2 amide bonds. The van der Waals surface area contributed by atoms with E-state index in [1.807, 2.05) is 25.1 Å². The van der Waals surface area contributed by atoms with Gasteiger partial charge in [-0.2, -0.15) is 0 Å². The van der Waals surface area contributed by atoms with Gasteiger partial charge in [0.2, 0.25) is 11.8 Å². The number of ether oxygens (including phenoxy) is 1. The van der Waals surface area contributed by atoms with Crippen LogP contribution in [0.1, 0.15) is 18.4 Å². The molecule has 0 aromatic heterocycles. The summed E-state index contributed by atoms with van der Waals surface area (Å²) in [5.74, 6) is 0.458. The fourth-order valence-corrected chi connectivity index (χ4v) is 2.25. The van der Waals surface area contributed by atoms with Crippen LogP contribution in [0, 0.1) is 6.92 Å². The monoisotopic (exact) mass is 262 g/mol. The summed E-state index contributed by atoms with van der Waals surface area (Å²) in [5.41, 5.74) is 1.67. The van der Waals surface area contributed by atoms with E-state index in [0.29, 0.717) is 24.3 Å². The van der Waals surface area contributed by atoms with Crippen LogP contribution in [0.4, 0.5) is 5.69 Å². The molecule has 102 valence electrons. The van der Waals surface area contributed by atoms with Gasteiger partial charge in [0.05, 0.1) is 12.8 Å². The lowest BCUT2D eigenvalue weighted by atomic mass is 10.1. The summed E-state index contributed by atoms with van der Waals surface area (Å²) in [6.45, 7) is 1.94. The first kappa shape index (κ1) is 13.4. The van der Waals surface area contributed by atoms with E-state index in [1.165, 1.54) is 4.90 Å². The van der Waals surface area contributed by atoms with Gasteiger partial charge in [0.1, 0.15) is 11.8 Å². The van der Waals surface area contributed by atoms with Crippen molar-refractivity contribution in [2.24, 2.45) is 0 Å². The maximum atomic E-state index is 12.2. The van der Waals surface area contributed by atoms with Gasteiger partial charge in [-0.05, 0) is 31.0 Å². The van der Waals surface area contributed by atoms with E-state index >= 15 is 0 Å². The highest BCUT2D eigenvalue weighted by molar-refractivity contribution is 5.99. The molecular formula is C14H18N2O3. The SMILES string of the molecule is COc1ccc(C)cc1NC(=O)C1CCC(=O)N1C. The molecule has 1 atom stereocenters. The van der Waals surface area contributed by atoms with Crippen LogP contribution < -0.4 is 10.1 Å². The number of likely N-dealkylation sites (tertiary alicyclic amines) is 1. The normalized spacial score (nSPS) is 18.6. The molecule has 2 rings (SSSR count). The smallest absolute Gasteiger partial charge is 0.247 e. The minimum absolute atomic E-state index is 0.0105. The van der Waals surface area contributed by atoms with Crippen molar-refractivity contribution in [1.82, 2.24) is 4.90 Å². The van der Waals surface area contributed by atoms with Gasteiger partial charge >= 0.3 is 0 Å². The van der Waals surface area contributed by atoms with Crippen molar-refractivity contribution in [2.75, 3.05) is 19.5 Å². The van der Waals surface area contributed by atoms with Gasteiger partial charge in [-0.25, -0.2) is 0 Å². The molecule has 5 heteroatoms. The van der Waals surface area contributed by atoms with Crippen LogP contribution >= 0.6 is 0 Å². The molecule has 0 aliphatic carbocycles. The lowest BCUT2D eigenvalue weighted by Gasteiger charge is -2.20. The highest BCUT2D eigenvalue weighted by Gasteiger charge is 2.33. The Hall–Kier alpha value is -2.04. The summed E-state index contributed by atoms with van der Waals surface area (Å²) in [6, 6.07) is 5.19. The third kappa shape index (κ3) is 2.70. The van der Waals surface area contributed by atoms with Crippen molar-refractivity contribution in [3.8, 4) is 5.75 Å². The highest BCUT2D eigenvalue weighted by Crippen LogP contribution is 2.26. The van der Waals surface area contributed by atoms with Gasteiger partial charge in [-0.1, -0.05) is 6.07 Å². The molecule has 1 fully saturated rings. The first-order chi connectivity index (χ1) is 9.02. The highest BCUT2D eigenvalue weighted by atomic mass is 16.5. The number of amides is 2. The number of methoxy groups -OCH3 is 1. The Morgan fingerprint density at radius 2 is 2.21 bits per heavy atom. The Bertz CT molecular complexity index is 513. The molecule has 19 heavy (non-hydrogen) atoms. The summed E-state index contributed by atoms with van der Waals surface area (Å²) in [6.07, 6.45) is 0.995. The van der Waals surface area contributed by atoms with Gasteiger partial charge in [-0.3, -0.25) is 9.59 Å². The van der Waals surface area contributed by atoms with Crippen LogP contribution in [0.15, 0.2) is 18.2 Å². The number of hydrogen-bond acceptors (Lipinski definition) is 3. The maximum absolute atomic E-state index is 12.2. The summed E-state index contributed by atoms with van der Waals surface area (Å²) < 4.78 is 5.22. The zero-order chi connectivity index (χ0) is 14.0. The van der Waals surface area contributed by atoms with E-state index in [-0.39, 0.29) is 11.8 Å². The number of aryl methyl sites for hydroxylation is 1. The van der Waals surface area contributed by atoms with Crippen LogP contribution in [0.25, 0.3) is 0 Å². The molecule has 0 radical (unpaired) electrons. The van der Waals surface area contributed by atoms with Crippen LogP contribution in [0.5, 0.6) is 5.75 Å². The fraction of sp³-hybridized carbons (Fsp3) is 0.429. The molecule has 1 heterocycles. The average Bonchev–Trinajstić information content (AvgIpc) is 2.70. The van der Waals surface area contributed by atoms with Gasteiger partial charge in [0.15, 0.2) is 0 Å². The van der Waals surface area contributed by atoms with Gasteiger partial charge < -0.3 is 15.0 Å². The maximum Gasteiger partial charge on any atom is 0.247 e. The number of rotatable bonds is 3. The first-order valence-corrected chi connectivity index (χ1v) is 6.24. The quantitative estimate of drug-likeness (QED) is 0.899. The van der Waals surface area contributed by atoms with Crippen LogP contribution in [-0.4, -0.2) is 36.9 Å². The summed E-state index contributed by atoms with van der Waals surface area (Å²) >= 11 is 0. The van der Waals surface area contributed by atoms with Crippen molar-refractivity contribution in [3.05, 3.63) is 23.8 Å². The molecule has 1 aliphatic rings. The van der Waals surface area contributed by atoms with Crippen molar-refractivity contribution in [1.29, 1.82) is 0 Å². The second-order valence-corrected chi connectivity index (χ2v) is 4.75. The Morgan fingerprint density at radius 1 is 1.47 bits per heavy atom. The third-order valence-electron chi connectivity index (χ3n) is 3.41. The number of likely N-dealkylation sites (N-methyl/N-ethyl adjacent to an activating group) is 1. The number of carbonyl (C=O) groups excluding carboxylic acids is 2. The minimum atomic E-state index is -0.391. The van der Waals surface area contributed by atoms with Crippen LogP contribution in [-0.2, 0) is 9.59 Å². The predicted molar refractivity (Wildman–Crippen MR) is 72.2 cm³/mol. The first-order valence-electron chi connectivity index (χ1n) is 6.24. The number of hydrogen-bond donors (Lipinski definition) is 1. The van der Waals surface area contributed by atoms with E-state index in [4.69, 9.17) is 4.74 Å². The number of benzene rings is 1. The van der Waals surface area contributed by atoms with Crippen LogP contribution in [0.2, 0.25) is 0 Å². The van der Waals surface area contributed by atoms with E-state index in [9.17, 15) is 9.59 Å². The standard InChI is InChI=1S/C14H18N2O3/c1-9-4-6-12(19-3)10(8-9)15-14(18)11-5-7-13(17)16(11)2/h4,6,8,11H,5,7H2,1-3H3,(H,15,18). The van der Waals surface area contributed by atoms with Crippen molar-refractivity contribution in [3.63, 3.8) is 0 Å². The summed E-state index contributed by atoms with van der Waals surface area (Å²) in [5, 5.41) is 2.84. The second-order valence-electron chi connectivity index (χ2n) is 4.75. The molecule has 0 spiro atoms. The molecule has 1 aromatic carbocycles. The molecular weight excluding hydrogens is 244 g/mol. The van der Waals surface area contributed by atoms with Crippen LogP contribution in [0.3, 0.4) is 0 Å². The van der Waals surface area contributed by atoms with Gasteiger partial charge in [0.25, 0.3) is 0 Å². The number of nitrogens with one attached hydrogen (secondary N) is 1. The molecule has 0 saturated carbocycles. The minimum Gasteiger partial charge on any atom is -0.495 e. The zero-order valence-corrected chi connectivity index (χ0v) is 11.4. The van der Waals surface area contributed by atoms with Crippen molar-refractivity contribution >= 4 is 17.5 Å². The van der Waals surface area contributed by atoms with E-state index in [2.05, 4.69) is 5.32 Å². The molecule has 1 saturated heterocycles. The molecule has 1 N–H and O–H groups in total. The van der Waals surface area contributed by atoms with E-state index < -0.39 is 6.04 Å². The Morgan fingerprint density at radius 3 is 2.79 bits per heavy atom. The van der Waals surface area contributed by atoms with Gasteiger partial charge in [-0.15, -0.1) is 0 Å². The Kier molecular flexibility index (Phi) is 3.74. The molecule has 1 unspecified atom stereocenters. The molecule has 0 bridgehead atoms.